The fourth-order valence-corrected chi connectivity index (χ4v) is 3.14. The van der Waals surface area contributed by atoms with Gasteiger partial charge >= 0.3 is 5.97 Å². The number of benzene rings is 3. The minimum absolute atomic E-state index is 0.197. The number of carbonyl (C=O) groups excluding carboxylic acids is 2. The number of amides is 1. The molecule has 4 aromatic rings. The standard InChI is InChI=1S/C22H17N3O5/c26-19(23-16-10-9-14-5-1-2-6-15(14)11-16)13-30-20(27)12-25-22(29)18-8-4-3-7-17(18)21(28)24-25/h1-11H,12-13H2,(H,23,26)(H,24,28). The smallest absolute Gasteiger partial charge is 0.328 e. The van der Waals surface area contributed by atoms with Crippen LogP contribution in [0.1, 0.15) is 0 Å². The second kappa shape index (κ2) is 8.04. The summed E-state index contributed by atoms with van der Waals surface area (Å²) in [6.07, 6.45) is 0. The molecule has 0 spiro atoms. The second-order valence-electron chi connectivity index (χ2n) is 6.65. The van der Waals surface area contributed by atoms with Crippen LogP contribution in [0.3, 0.4) is 0 Å². The number of rotatable bonds is 5. The summed E-state index contributed by atoms with van der Waals surface area (Å²) < 4.78 is 5.81. The highest BCUT2D eigenvalue weighted by atomic mass is 16.5. The Hall–Kier alpha value is -4.20. The molecule has 1 amide bonds. The van der Waals surface area contributed by atoms with Crippen LogP contribution in [0.25, 0.3) is 21.5 Å². The minimum atomic E-state index is -0.823. The summed E-state index contributed by atoms with van der Waals surface area (Å²) in [6, 6.07) is 19.4. The van der Waals surface area contributed by atoms with Gasteiger partial charge in [0.25, 0.3) is 17.0 Å². The Morgan fingerprint density at radius 3 is 2.40 bits per heavy atom. The van der Waals surface area contributed by atoms with Crippen molar-refractivity contribution in [2.75, 3.05) is 11.9 Å². The van der Waals surface area contributed by atoms with Crippen LogP contribution < -0.4 is 16.4 Å². The van der Waals surface area contributed by atoms with Crippen LogP contribution in [-0.2, 0) is 20.9 Å². The lowest BCUT2D eigenvalue weighted by Gasteiger charge is -2.09. The number of ether oxygens (including phenoxy) is 1. The third-order valence-corrected chi connectivity index (χ3v) is 4.57. The zero-order chi connectivity index (χ0) is 21.1. The fourth-order valence-electron chi connectivity index (χ4n) is 3.14. The number of carbonyl (C=O) groups is 2. The number of H-pyrrole nitrogens is 1. The molecule has 1 heterocycles. The van der Waals surface area contributed by atoms with Crippen molar-refractivity contribution in [3.05, 3.63) is 87.4 Å². The number of esters is 1. The van der Waals surface area contributed by atoms with E-state index in [1.54, 1.807) is 18.2 Å². The van der Waals surface area contributed by atoms with E-state index in [2.05, 4.69) is 10.4 Å². The van der Waals surface area contributed by atoms with Gasteiger partial charge in [-0.3, -0.25) is 24.3 Å². The Labute approximate surface area is 169 Å². The van der Waals surface area contributed by atoms with Gasteiger partial charge in [0, 0.05) is 5.69 Å². The zero-order valence-electron chi connectivity index (χ0n) is 15.8. The predicted molar refractivity (Wildman–Crippen MR) is 112 cm³/mol. The van der Waals surface area contributed by atoms with E-state index in [1.807, 2.05) is 36.4 Å². The lowest BCUT2D eigenvalue weighted by Crippen LogP contribution is -2.33. The maximum Gasteiger partial charge on any atom is 0.328 e. The van der Waals surface area contributed by atoms with E-state index in [1.165, 1.54) is 12.1 Å². The van der Waals surface area contributed by atoms with Crippen molar-refractivity contribution < 1.29 is 14.3 Å². The number of aromatic nitrogens is 2. The van der Waals surface area contributed by atoms with Gasteiger partial charge in [-0.2, -0.15) is 0 Å². The molecular weight excluding hydrogens is 386 g/mol. The number of aromatic amines is 1. The molecule has 0 radical (unpaired) electrons. The first-order chi connectivity index (χ1) is 14.5. The molecule has 8 nitrogen and oxygen atoms in total. The molecular formula is C22H17N3O5. The lowest BCUT2D eigenvalue weighted by atomic mass is 10.1. The van der Waals surface area contributed by atoms with Crippen molar-refractivity contribution in [3.63, 3.8) is 0 Å². The molecule has 0 aliphatic carbocycles. The summed E-state index contributed by atoms with van der Waals surface area (Å²) in [4.78, 5) is 48.6. The summed E-state index contributed by atoms with van der Waals surface area (Å²) >= 11 is 0. The molecule has 1 aromatic heterocycles. The van der Waals surface area contributed by atoms with Crippen LogP contribution in [0.15, 0.2) is 76.3 Å². The second-order valence-corrected chi connectivity index (χ2v) is 6.65. The number of fused-ring (bicyclic) bond motifs is 2. The van der Waals surface area contributed by atoms with Gasteiger partial charge in [-0.25, -0.2) is 4.68 Å². The molecule has 3 aromatic carbocycles. The van der Waals surface area contributed by atoms with Gasteiger partial charge in [0.2, 0.25) is 0 Å². The molecule has 0 unspecified atom stereocenters. The van der Waals surface area contributed by atoms with Crippen LogP contribution in [0.4, 0.5) is 5.69 Å². The maximum absolute atomic E-state index is 12.4. The number of hydrogen-bond acceptors (Lipinski definition) is 5. The van der Waals surface area contributed by atoms with Gasteiger partial charge in [0.1, 0.15) is 6.54 Å². The van der Waals surface area contributed by atoms with E-state index >= 15 is 0 Å². The fraction of sp³-hybridized carbons (Fsp3) is 0.0909. The molecule has 4 rings (SSSR count). The molecule has 0 aliphatic rings. The lowest BCUT2D eigenvalue weighted by molar-refractivity contribution is -0.148. The van der Waals surface area contributed by atoms with E-state index in [-0.39, 0.29) is 10.8 Å². The molecule has 8 heteroatoms. The van der Waals surface area contributed by atoms with Crippen molar-refractivity contribution in [2.45, 2.75) is 6.54 Å². The summed E-state index contributed by atoms with van der Waals surface area (Å²) in [5.74, 6) is -1.34. The topological polar surface area (TPSA) is 110 Å². The van der Waals surface area contributed by atoms with Crippen LogP contribution in [0.5, 0.6) is 0 Å². The van der Waals surface area contributed by atoms with Crippen LogP contribution in [0.2, 0.25) is 0 Å². The first-order valence-corrected chi connectivity index (χ1v) is 9.17. The quantitative estimate of drug-likeness (QED) is 0.496. The van der Waals surface area contributed by atoms with Crippen molar-refractivity contribution >= 4 is 39.1 Å². The van der Waals surface area contributed by atoms with E-state index in [0.717, 1.165) is 15.5 Å². The average molecular weight is 403 g/mol. The minimum Gasteiger partial charge on any atom is -0.454 e. The monoisotopic (exact) mass is 403 g/mol. The zero-order valence-corrected chi connectivity index (χ0v) is 15.8. The molecule has 0 atom stereocenters. The Kier molecular flexibility index (Phi) is 5.13. The summed E-state index contributed by atoms with van der Waals surface area (Å²) in [6.45, 7) is -1.03. The number of nitrogens with one attached hydrogen (secondary N) is 2. The molecule has 0 bridgehead atoms. The molecule has 30 heavy (non-hydrogen) atoms. The molecule has 2 N–H and O–H groups in total. The Balaban J connectivity index is 1.39. The number of nitrogens with zero attached hydrogens (tertiary/aromatic N) is 1. The normalized spacial score (nSPS) is 10.8. The number of anilines is 1. The van der Waals surface area contributed by atoms with E-state index in [0.29, 0.717) is 5.69 Å². The molecule has 0 saturated carbocycles. The molecule has 0 aliphatic heterocycles. The first-order valence-electron chi connectivity index (χ1n) is 9.17. The molecule has 150 valence electrons. The van der Waals surface area contributed by atoms with Crippen LogP contribution in [0, 0.1) is 0 Å². The third kappa shape index (κ3) is 3.97. The van der Waals surface area contributed by atoms with Gasteiger partial charge in [-0.15, -0.1) is 0 Å². The van der Waals surface area contributed by atoms with Gasteiger partial charge in [0.05, 0.1) is 10.8 Å². The Morgan fingerprint density at radius 1 is 0.900 bits per heavy atom. The summed E-state index contributed by atoms with van der Waals surface area (Å²) in [7, 11) is 0. The highest BCUT2D eigenvalue weighted by Gasteiger charge is 2.13. The van der Waals surface area contributed by atoms with E-state index < -0.39 is 36.1 Å². The van der Waals surface area contributed by atoms with Crippen LogP contribution >= 0.6 is 0 Å². The van der Waals surface area contributed by atoms with Crippen LogP contribution in [-0.4, -0.2) is 28.3 Å². The van der Waals surface area contributed by atoms with Gasteiger partial charge in [0.15, 0.2) is 6.61 Å². The van der Waals surface area contributed by atoms with Crippen molar-refractivity contribution in [1.29, 1.82) is 0 Å². The van der Waals surface area contributed by atoms with Gasteiger partial charge in [-0.05, 0) is 35.0 Å². The Morgan fingerprint density at radius 2 is 1.60 bits per heavy atom. The van der Waals surface area contributed by atoms with Crippen molar-refractivity contribution in [1.82, 2.24) is 9.78 Å². The molecule has 0 saturated heterocycles. The highest BCUT2D eigenvalue weighted by molar-refractivity contribution is 5.95. The van der Waals surface area contributed by atoms with E-state index in [9.17, 15) is 19.2 Å². The van der Waals surface area contributed by atoms with Gasteiger partial charge < -0.3 is 10.1 Å². The third-order valence-electron chi connectivity index (χ3n) is 4.57. The first kappa shape index (κ1) is 19.1. The summed E-state index contributed by atoms with van der Waals surface area (Å²) in [5.41, 5.74) is -0.445. The Bertz CT molecular complexity index is 1390. The average Bonchev–Trinajstić information content (AvgIpc) is 2.76. The largest absolute Gasteiger partial charge is 0.454 e. The summed E-state index contributed by atoms with van der Waals surface area (Å²) in [5, 5.41) is 7.44. The van der Waals surface area contributed by atoms with Crippen molar-refractivity contribution in [3.8, 4) is 0 Å². The van der Waals surface area contributed by atoms with E-state index in [4.69, 9.17) is 4.74 Å². The van der Waals surface area contributed by atoms with Gasteiger partial charge in [-0.1, -0.05) is 42.5 Å². The maximum atomic E-state index is 12.4. The number of hydrogen-bond donors (Lipinski definition) is 2. The highest BCUT2D eigenvalue weighted by Crippen LogP contribution is 2.18. The molecule has 0 fully saturated rings. The van der Waals surface area contributed by atoms with Crippen molar-refractivity contribution in [2.24, 2.45) is 0 Å². The predicted octanol–water partition coefficient (Wildman–Crippen LogP) is 2.02. The SMILES string of the molecule is O=C(COC(=O)Cn1[nH]c(=O)c2ccccc2c1=O)Nc1ccc2ccccc2c1.